The van der Waals surface area contributed by atoms with Gasteiger partial charge in [-0.05, 0) is 37.8 Å². The highest BCUT2D eigenvalue weighted by Gasteiger charge is 2.09. The number of nitrogens with zero attached hydrogens (tertiary/aromatic N) is 2. The summed E-state index contributed by atoms with van der Waals surface area (Å²) in [5.41, 5.74) is 4.03. The molecule has 114 valence electrons. The van der Waals surface area contributed by atoms with Gasteiger partial charge in [-0.1, -0.05) is 38.1 Å². The van der Waals surface area contributed by atoms with Crippen molar-refractivity contribution < 1.29 is 0 Å². The maximum Gasteiger partial charge on any atom is 0.0659 e. The van der Waals surface area contributed by atoms with Crippen molar-refractivity contribution in [2.45, 2.75) is 59.2 Å². The van der Waals surface area contributed by atoms with Crippen LogP contribution in [0.1, 0.15) is 57.2 Å². The van der Waals surface area contributed by atoms with Crippen LogP contribution in [0.4, 0.5) is 0 Å². The van der Waals surface area contributed by atoms with Crippen molar-refractivity contribution in [1.29, 1.82) is 0 Å². The molecule has 0 radical (unpaired) electrons. The predicted molar refractivity (Wildman–Crippen MR) is 88.5 cm³/mol. The highest BCUT2D eigenvalue weighted by molar-refractivity contribution is 5.25. The zero-order chi connectivity index (χ0) is 15.5. The van der Waals surface area contributed by atoms with E-state index in [0.29, 0.717) is 5.92 Å². The molecule has 0 fully saturated rings. The van der Waals surface area contributed by atoms with Crippen LogP contribution in [-0.4, -0.2) is 15.3 Å². The minimum atomic E-state index is 0.134. The first kappa shape index (κ1) is 15.8. The van der Waals surface area contributed by atoms with Gasteiger partial charge in [0.2, 0.25) is 0 Å². The smallest absolute Gasteiger partial charge is 0.0659 e. The number of hydrogen-bond donors (Lipinski definition) is 1. The van der Waals surface area contributed by atoms with E-state index in [4.69, 9.17) is 0 Å². The lowest BCUT2D eigenvalue weighted by atomic mass is 10.0. The highest BCUT2D eigenvalue weighted by atomic mass is 15.3. The second-order valence-corrected chi connectivity index (χ2v) is 7.05. The molecule has 0 saturated heterocycles. The van der Waals surface area contributed by atoms with Crippen LogP contribution in [0.25, 0.3) is 0 Å². The monoisotopic (exact) mass is 285 g/mol. The predicted octanol–water partition coefficient (Wildman–Crippen LogP) is 3.94. The third-order valence-corrected chi connectivity index (χ3v) is 3.50. The molecule has 0 spiro atoms. The van der Waals surface area contributed by atoms with E-state index in [2.05, 4.69) is 75.5 Å². The Kier molecular flexibility index (Phi) is 4.84. The highest BCUT2D eigenvalue weighted by Crippen LogP contribution is 2.15. The molecule has 3 nitrogen and oxygen atoms in total. The van der Waals surface area contributed by atoms with E-state index in [-0.39, 0.29) is 5.54 Å². The van der Waals surface area contributed by atoms with Crippen LogP contribution >= 0.6 is 0 Å². The zero-order valence-corrected chi connectivity index (χ0v) is 13.9. The Morgan fingerprint density at radius 2 is 1.76 bits per heavy atom. The van der Waals surface area contributed by atoms with E-state index in [1.807, 2.05) is 10.9 Å². The average molecular weight is 285 g/mol. The fourth-order valence-electron chi connectivity index (χ4n) is 2.15. The molecule has 1 N–H and O–H groups in total. The molecule has 0 aliphatic rings. The molecule has 3 heteroatoms. The quantitative estimate of drug-likeness (QED) is 0.901. The lowest BCUT2D eigenvalue weighted by Crippen LogP contribution is -2.34. The fourth-order valence-corrected chi connectivity index (χ4v) is 2.15. The van der Waals surface area contributed by atoms with Crippen LogP contribution in [0.2, 0.25) is 0 Å². The molecular weight excluding hydrogens is 258 g/mol. The molecule has 1 aromatic heterocycles. The molecule has 1 heterocycles. The van der Waals surface area contributed by atoms with Crippen molar-refractivity contribution >= 4 is 0 Å². The summed E-state index contributed by atoms with van der Waals surface area (Å²) >= 11 is 0. The molecule has 0 aliphatic heterocycles. The van der Waals surface area contributed by atoms with Gasteiger partial charge >= 0.3 is 0 Å². The zero-order valence-electron chi connectivity index (χ0n) is 13.9. The maximum atomic E-state index is 4.45. The second-order valence-electron chi connectivity index (χ2n) is 7.05. The van der Waals surface area contributed by atoms with Gasteiger partial charge in [0.15, 0.2) is 0 Å². The first-order valence-corrected chi connectivity index (χ1v) is 7.69. The van der Waals surface area contributed by atoms with Gasteiger partial charge in [0.1, 0.15) is 0 Å². The molecule has 0 aliphatic carbocycles. The van der Waals surface area contributed by atoms with E-state index in [1.54, 1.807) is 0 Å². The van der Waals surface area contributed by atoms with Crippen LogP contribution in [0.15, 0.2) is 36.7 Å². The van der Waals surface area contributed by atoms with Gasteiger partial charge in [-0.25, -0.2) is 0 Å². The van der Waals surface area contributed by atoms with Crippen molar-refractivity contribution in [2.75, 3.05) is 0 Å². The number of hydrogen-bond acceptors (Lipinski definition) is 2. The Bertz CT molecular complexity index is 559. The van der Waals surface area contributed by atoms with E-state index in [0.717, 1.165) is 13.1 Å². The number of nitrogens with one attached hydrogen (secondary N) is 1. The fraction of sp³-hybridized carbons (Fsp3) is 0.500. The van der Waals surface area contributed by atoms with Gasteiger partial charge in [-0.15, -0.1) is 0 Å². The van der Waals surface area contributed by atoms with Crippen molar-refractivity contribution in [3.8, 4) is 0 Å². The van der Waals surface area contributed by atoms with E-state index in [9.17, 15) is 0 Å². The largest absolute Gasteiger partial charge is 0.308 e. The molecule has 2 rings (SSSR count). The van der Waals surface area contributed by atoms with Gasteiger partial charge < -0.3 is 5.32 Å². The lowest BCUT2D eigenvalue weighted by molar-refractivity contribution is 0.424. The van der Waals surface area contributed by atoms with Crippen LogP contribution < -0.4 is 5.32 Å². The Morgan fingerprint density at radius 3 is 2.33 bits per heavy atom. The topological polar surface area (TPSA) is 29.9 Å². The standard InChI is InChI=1S/C18H27N3/c1-14(2)17-8-6-15(7-9-17)12-21-13-16(11-20-21)10-19-18(3,4)5/h6-9,11,13-14,19H,10,12H2,1-5H3. The molecule has 0 atom stereocenters. The minimum absolute atomic E-state index is 0.134. The molecule has 21 heavy (non-hydrogen) atoms. The van der Waals surface area contributed by atoms with Crippen LogP contribution in [0.3, 0.4) is 0 Å². The third kappa shape index (κ3) is 5.01. The molecule has 0 bridgehead atoms. The Morgan fingerprint density at radius 1 is 1.10 bits per heavy atom. The minimum Gasteiger partial charge on any atom is -0.308 e. The Balaban J connectivity index is 1.96. The van der Waals surface area contributed by atoms with Gasteiger partial charge in [0.25, 0.3) is 0 Å². The molecule has 2 aromatic rings. The summed E-state index contributed by atoms with van der Waals surface area (Å²) in [6.45, 7) is 12.6. The number of benzene rings is 1. The first-order valence-electron chi connectivity index (χ1n) is 7.69. The Hall–Kier alpha value is -1.61. The summed E-state index contributed by atoms with van der Waals surface area (Å²) in [5, 5.41) is 7.93. The summed E-state index contributed by atoms with van der Waals surface area (Å²) in [5.74, 6) is 0.582. The van der Waals surface area contributed by atoms with Crippen molar-refractivity contribution in [2.24, 2.45) is 0 Å². The lowest BCUT2D eigenvalue weighted by Gasteiger charge is -2.19. The van der Waals surface area contributed by atoms with Crippen molar-refractivity contribution in [3.63, 3.8) is 0 Å². The maximum absolute atomic E-state index is 4.45. The normalized spacial score (nSPS) is 12.1. The van der Waals surface area contributed by atoms with Crippen LogP contribution in [0, 0.1) is 0 Å². The number of aromatic nitrogens is 2. The average Bonchev–Trinajstić information content (AvgIpc) is 2.84. The van der Waals surface area contributed by atoms with Crippen molar-refractivity contribution in [1.82, 2.24) is 15.1 Å². The molecular formula is C18H27N3. The second kappa shape index (κ2) is 6.44. The van der Waals surface area contributed by atoms with E-state index < -0.39 is 0 Å². The summed E-state index contributed by atoms with van der Waals surface area (Å²) in [4.78, 5) is 0. The third-order valence-electron chi connectivity index (χ3n) is 3.50. The summed E-state index contributed by atoms with van der Waals surface area (Å²) in [7, 11) is 0. The van der Waals surface area contributed by atoms with Gasteiger partial charge in [-0.3, -0.25) is 4.68 Å². The Labute approximate surface area is 128 Å². The first-order chi connectivity index (χ1) is 9.83. The van der Waals surface area contributed by atoms with Gasteiger partial charge in [0.05, 0.1) is 12.7 Å². The van der Waals surface area contributed by atoms with Crippen molar-refractivity contribution in [3.05, 3.63) is 53.3 Å². The summed E-state index contributed by atoms with van der Waals surface area (Å²) in [6, 6.07) is 8.82. The van der Waals surface area contributed by atoms with Gasteiger partial charge in [0, 0.05) is 23.8 Å². The van der Waals surface area contributed by atoms with Gasteiger partial charge in [-0.2, -0.15) is 5.10 Å². The summed E-state index contributed by atoms with van der Waals surface area (Å²) < 4.78 is 2.00. The molecule has 0 saturated carbocycles. The van der Waals surface area contributed by atoms with E-state index in [1.165, 1.54) is 16.7 Å². The summed E-state index contributed by atoms with van der Waals surface area (Å²) in [6.07, 6.45) is 4.07. The molecule has 0 amide bonds. The van der Waals surface area contributed by atoms with E-state index >= 15 is 0 Å². The SMILES string of the molecule is CC(C)c1ccc(Cn2cc(CNC(C)(C)C)cn2)cc1. The van der Waals surface area contributed by atoms with Crippen LogP contribution in [0.5, 0.6) is 0 Å². The number of rotatable bonds is 5. The van der Waals surface area contributed by atoms with Crippen LogP contribution in [-0.2, 0) is 13.1 Å². The molecule has 1 aromatic carbocycles. The molecule has 0 unspecified atom stereocenters.